The Morgan fingerprint density at radius 3 is 2.76 bits per heavy atom. The minimum atomic E-state index is -0.650. The number of aromatic amines is 1. The monoisotopic (exact) mass is 393 g/mol. The Kier molecular flexibility index (Phi) is 4.41. The van der Waals surface area contributed by atoms with Crippen molar-refractivity contribution in [3.63, 3.8) is 0 Å². The van der Waals surface area contributed by atoms with Gasteiger partial charge in [-0.25, -0.2) is 9.97 Å². The molecule has 29 heavy (non-hydrogen) atoms. The average Bonchev–Trinajstić information content (AvgIpc) is 3.38. The molecule has 4 aromatic rings. The Morgan fingerprint density at radius 2 is 2.03 bits per heavy atom. The van der Waals surface area contributed by atoms with Crippen molar-refractivity contribution in [2.75, 3.05) is 0 Å². The van der Waals surface area contributed by atoms with E-state index in [1.165, 1.54) is 0 Å². The third kappa shape index (κ3) is 3.37. The molecule has 148 valence electrons. The second kappa shape index (κ2) is 6.93. The minimum Gasteiger partial charge on any atom is -0.364 e. The van der Waals surface area contributed by atoms with Gasteiger partial charge in [0.05, 0.1) is 17.4 Å². The summed E-state index contributed by atoms with van der Waals surface area (Å²) in [5.41, 5.74) is 8.12. The molecule has 0 aliphatic rings. The number of carbonyl (C=O) groups excluding carboxylic acids is 2. The first-order chi connectivity index (χ1) is 13.8. The van der Waals surface area contributed by atoms with Crippen molar-refractivity contribution in [2.24, 2.45) is 12.8 Å². The molecule has 4 rings (SSSR count). The average molecular weight is 393 g/mol. The number of primary amides is 1. The number of hydrogen-bond acceptors (Lipinski definition) is 7. The van der Waals surface area contributed by atoms with Gasteiger partial charge in [0.1, 0.15) is 22.9 Å². The van der Waals surface area contributed by atoms with E-state index in [1.54, 1.807) is 35.6 Å². The molecule has 0 saturated heterocycles. The second-order valence-corrected chi connectivity index (χ2v) is 6.78. The highest BCUT2D eigenvalue weighted by Crippen LogP contribution is 2.27. The molecule has 11 nitrogen and oxygen atoms in total. The molecule has 0 aliphatic carbocycles. The number of pyridine rings is 1. The van der Waals surface area contributed by atoms with Crippen molar-refractivity contribution < 1.29 is 9.59 Å². The zero-order chi connectivity index (χ0) is 20.7. The number of H-pyrrole nitrogens is 1. The molecular weight excluding hydrogens is 374 g/mol. The molecule has 3 N–H and O–H groups in total. The van der Waals surface area contributed by atoms with Crippen LogP contribution in [-0.4, -0.2) is 51.4 Å². The molecule has 4 heterocycles. The molecule has 0 saturated carbocycles. The van der Waals surface area contributed by atoms with Crippen molar-refractivity contribution in [3.8, 4) is 23.0 Å². The molecule has 0 aromatic carbocycles. The minimum absolute atomic E-state index is 0.0776. The predicted molar refractivity (Wildman–Crippen MR) is 104 cm³/mol. The molecule has 0 unspecified atom stereocenters. The van der Waals surface area contributed by atoms with Gasteiger partial charge >= 0.3 is 0 Å². The van der Waals surface area contributed by atoms with Crippen LogP contribution in [0.1, 0.15) is 29.5 Å². The SMILES string of the molecule is CC(=O)CCn1nc(C)cc1-c1nc(-c2nc(C(N)=O)cc3c2cnn3C)n[nH]1. The van der Waals surface area contributed by atoms with E-state index in [4.69, 9.17) is 5.73 Å². The van der Waals surface area contributed by atoms with E-state index in [1.807, 2.05) is 13.0 Å². The highest BCUT2D eigenvalue weighted by atomic mass is 16.1. The number of ketones is 1. The molecule has 0 spiro atoms. The number of amides is 1. The first-order valence-electron chi connectivity index (χ1n) is 8.93. The Labute approximate surface area is 164 Å². The van der Waals surface area contributed by atoms with Crippen LogP contribution in [-0.2, 0) is 18.4 Å². The first kappa shape index (κ1) is 18.5. The van der Waals surface area contributed by atoms with Crippen LogP contribution in [0, 0.1) is 6.92 Å². The number of nitrogens with zero attached hydrogens (tertiary/aromatic N) is 7. The molecule has 0 aliphatic heterocycles. The highest BCUT2D eigenvalue weighted by Gasteiger charge is 2.19. The lowest BCUT2D eigenvalue weighted by molar-refractivity contribution is -0.117. The Morgan fingerprint density at radius 1 is 1.24 bits per heavy atom. The fraction of sp³-hybridized carbons (Fsp3) is 0.278. The van der Waals surface area contributed by atoms with E-state index in [0.717, 1.165) is 5.69 Å². The van der Waals surface area contributed by atoms with E-state index in [2.05, 4.69) is 30.4 Å². The number of nitrogens with one attached hydrogen (secondary N) is 1. The summed E-state index contributed by atoms with van der Waals surface area (Å²) >= 11 is 0. The zero-order valence-corrected chi connectivity index (χ0v) is 16.2. The van der Waals surface area contributed by atoms with Crippen LogP contribution < -0.4 is 5.73 Å². The van der Waals surface area contributed by atoms with Gasteiger partial charge in [-0.05, 0) is 26.0 Å². The normalized spacial score (nSPS) is 11.3. The van der Waals surface area contributed by atoms with Gasteiger partial charge in [-0.15, -0.1) is 0 Å². The van der Waals surface area contributed by atoms with E-state index in [0.29, 0.717) is 46.9 Å². The summed E-state index contributed by atoms with van der Waals surface area (Å²) in [6.45, 7) is 3.85. The third-order valence-corrected chi connectivity index (χ3v) is 4.52. The highest BCUT2D eigenvalue weighted by molar-refractivity contribution is 5.98. The lowest BCUT2D eigenvalue weighted by Crippen LogP contribution is -2.13. The zero-order valence-electron chi connectivity index (χ0n) is 16.2. The molecular formula is C18H19N9O2. The molecule has 4 aromatic heterocycles. The summed E-state index contributed by atoms with van der Waals surface area (Å²) in [5, 5.41) is 16.5. The Hall–Kier alpha value is -3.89. The number of rotatable bonds is 6. The van der Waals surface area contributed by atoms with E-state index < -0.39 is 5.91 Å². The lowest BCUT2D eigenvalue weighted by Gasteiger charge is -2.03. The number of aryl methyl sites for hydroxylation is 3. The molecule has 0 fully saturated rings. The predicted octanol–water partition coefficient (Wildman–Crippen LogP) is 1.00. The lowest BCUT2D eigenvalue weighted by atomic mass is 10.2. The van der Waals surface area contributed by atoms with Crippen LogP contribution in [0.4, 0.5) is 0 Å². The maximum atomic E-state index is 11.7. The summed E-state index contributed by atoms with van der Waals surface area (Å²) < 4.78 is 3.34. The fourth-order valence-electron chi connectivity index (χ4n) is 3.09. The summed E-state index contributed by atoms with van der Waals surface area (Å²) in [6.07, 6.45) is 2.01. The van der Waals surface area contributed by atoms with Gasteiger partial charge in [-0.2, -0.15) is 15.3 Å². The van der Waals surface area contributed by atoms with Crippen LogP contribution in [0.2, 0.25) is 0 Å². The number of hydrogen-bond donors (Lipinski definition) is 2. The summed E-state index contributed by atoms with van der Waals surface area (Å²) in [6, 6.07) is 3.44. The number of carbonyl (C=O) groups is 2. The maximum Gasteiger partial charge on any atom is 0.267 e. The van der Waals surface area contributed by atoms with Gasteiger partial charge < -0.3 is 5.73 Å². The molecule has 1 amide bonds. The van der Waals surface area contributed by atoms with Crippen LogP contribution >= 0.6 is 0 Å². The smallest absolute Gasteiger partial charge is 0.267 e. The van der Waals surface area contributed by atoms with Crippen molar-refractivity contribution in [2.45, 2.75) is 26.8 Å². The van der Waals surface area contributed by atoms with Crippen molar-refractivity contribution in [1.29, 1.82) is 0 Å². The van der Waals surface area contributed by atoms with Gasteiger partial charge in [0, 0.05) is 25.4 Å². The van der Waals surface area contributed by atoms with Crippen LogP contribution in [0.15, 0.2) is 18.3 Å². The van der Waals surface area contributed by atoms with Crippen LogP contribution in [0.25, 0.3) is 33.9 Å². The summed E-state index contributed by atoms with van der Waals surface area (Å²) in [4.78, 5) is 31.9. The first-order valence-corrected chi connectivity index (χ1v) is 8.93. The standard InChI is InChI=1S/C18H19N9O2/c1-9-6-14(27(25-9)5-4-10(2)28)17-22-18(24-23-17)15-11-8-20-26(3)13(11)7-12(21-15)16(19)29/h6-8H,4-5H2,1-3H3,(H2,19,29)(H,22,23,24). The Balaban J connectivity index is 1.80. The van der Waals surface area contributed by atoms with Gasteiger partial charge in [-0.1, -0.05) is 0 Å². The van der Waals surface area contributed by atoms with Gasteiger partial charge in [0.15, 0.2) is 5.82 Å². The van der Waals surface area contributed by atoms with Crippen molar-refractivity contribution in [1.82, 2.24) is 39.7 Å². The molecule has 0 radical (unpaired) electrons. The maximum absolute atomic E-state index is 11.7. The van der Waals surface area contributed by atoms with Gasteiger partial charge in [0.2, 0.25) is 5.82 Å². The Bertz CT molecular complexity index is 1250. The number of fused-ring (bicyclic) bond motifs is 1. The van der Waals surface area contributed by atoms with Crippen LogP contribution in [0.3, 0.4) is 0 Å². The summed E-state index contributed by atoms with van der Waals surface area (Å²) in [7, 11) is 1.76. The van der Waals surface area contributed by atoms with Crippen LogP contribution in [0.5, 0.6) is 0 Å². The summed E-state index contributed by atoms with van der Waals surface area (Å²) in [5.74, 6) is 0.211. The van der Waals surface area contributed by atoms with Crippen molar-refractivity contribution >= 4 is 22.6 Å². The van der Waals surface area contributed by atoms with Crippen molar-refractivity contribution in [3.05, 3.63) is 29.7 Å². The number of nitrogens with two attached hydrogens (primary N) is 1. The van der Waals surface area contributed by atoms with E-state index in [9.17, 15) is 9.59 Å². The quantitative estimate of drug-likeness (QED) is 0.496. The van der Waals surface area contributed by atoms with Gasteiger partial charge in [-0.3, -0.25) is 24.1 Å². The molecule has 0 bridgehead atoms. The number of aromatic nitrogens is 8. The molecule has 11 heteroatoms. The second-order valence-electron chi connectivity index (χ2n) is 6.78. The number of Topliss-reactive ketones (excluding diaryl/α,β-unsaturated/α-hetero) is 1. The van der Waals surface area contributed by atoms with E-state index >= 15 is 0 Å². The molecule has 0 atom stereocenters. The van der Waals surface area contributed by atoms with Gasteiger partial charge in [0.25, 0.3) is 5.91 Å². The third-order valence-electron chi connectivity index (χ3n) is 4.52. The fourth-order valence-corrected chi connectivity index (χ4v) is 3.09. The van der Waals surface area contributed by atoms with E-state index in [-0.39, 0.29) is 11.5 Å². The topological polar surface area (TPSA) is 150 Å². The largest absolute Gasteiger partial charge is 0.364 e.